The minimum Gasteiger partial charge on any atom is -0.497 e. The fourth-order valence-electron chi connectivity index (χ4n) is 1.62. The van der Waals surface area contributed by atoms with Crippen LogP contribution < -0.4 is 4.74 Å². The zero-order valence-corrected chi connectivity index (χ0v) is 10.4. The molecular weight excluding hydrogens is 238 g/mol. The van der Waals surface area contributed by atoms with E-state index in [0.29, 0.717) is 12.1 Å². The van der Waals surface area contributed by atoms with E-state index in [2.05, 4.69) is 0 Å². The molecule has 4 nitrogen and oxygen atoms in total. The van der Waals surface area contributed by atoms with Crippen LogP contribution >= 0.6 is 11.8 Å². The topological polar surface area (TPSA) is 43.4 Å². The van der Waals surface area contributed by atoms with Gasteiger partial charge in [-0.3, -0.25) is 0 Å². The van der Waals surface area contributed by atoms with Gasteiger partial charge >= 0.3 is 11.6 Å². The van der Waals surface area contributed by atoms with Crippen molar-refractivity contribution >= 4 is 29.1 Å². The van der Waals surface area contributed by atoms with Gasteiger partial charge in [0.2, 0.25) is 0 Å². The summed E-state index contributed by atoms with van der Waals surface area (Å²) in [5.74, 6) is 0.742. The van der Waals surface area contributed by atoms with Crippen LogP contribution in [0.1, 0.15) is 5.56 Å². The molecule has 1 aromatic carbocycles. The number of carbonyl (C=O) groups is 2. The highest BCUT2D eigenvalue weighted by Gasteiger charge is 2.43. The highest BCUT2D eigenvalue weighted by molar-refractivity contribution is 8.16. The first-order chi connectivity index (χ1) is 8.11. The first-order valence-electron chi connectivity index (χ1n) is 5.00. The maximum atomic E-state index is 11.7. The molecule has 1 atom stereocenters. The minimum atomic E-state index is -0.322. The normalized spacial score (nSPS) is 23.4. The number of benzene rings is 1. The molecule has 2 amide bonds. The van der Waals surface area contributed by atoms with E-state index >= 15 is 0 Å². The molecular formula is C12H12NO3S+. The largest absolute Gasteiger partial charge is 0.497 e. The van der Waals surface area contributed by atoms with Gasteiger partial charge in [0.25, 0.3) is 0 Å². The van der Waals surface area contributed by atoms with Crippen molar-refractivity contribution in [3.8, 4) is 5.75 Å². The van der Waals surface area contributed by atoms with E-state index in [9.17, 15) is 9.59 Å². The number of nitrogens with zero attached hydrogens (tertiary/aromatic N) is 1. The van der Waals surface area contributed by atoms with E-state index in [0.717, 1.165) is 23.1 Å². The third-order valence-corrected chi connectivity index (χ3v) is 3.67. The van der Waals surface area contributed by atoms with Gasteiger partial charge in [0.05, 0.1) is 14.2 Å². The number of rotatable bonds is 3. The summed E-state index contributed by atoms with van der Waals surface area (Å²) < 4.78 is 4.74. The molecule has 5 heteroatoms. The number of ether oxygens (including phenoxy) is 1. The first-order valence-corrected chi connectivity index (χ1v) is 5.88. The van der Waals surface area contributed by atoms with Gasteiger partial charge in [0.15, 0.2) is 5.70 Å². The molecule has 0 bridgehead atoms. The molecule has 1 aliphatic rings. The molecule has 1 unspecified atom stereocenters. The molecule has 0 aliphatic carbocycles. The third-order valence-electron chi connectivity index (χ3n) is 2.75. The standard InChI is InChI=1S/C12H12NO3S/c1-13(8-14)11(7-17-12(13)15)9-3-5-10(16-2)6-4-9/h3-8H,1-2H3/q+1. The van der Waals surface area contributed by atoms with Crippen LogP contribution in [0.2, 0.25) is 0 Å². The summed E-state index contributed by atoms with van der Waals surface area (Å²) in [6.07, 6.45) is 0.651. The molecule has 1 heterocycles. The average Bonchev–Trinajstić information content (AvgIpc) is 2.67. The lowest BCUT2D eigenvalue weighted by molar-refractivity contribution is -0.652. The van der Waals surface area contributed by atoms with Gasteiger partial charge in [0, 0.05) is 22.7 Å². The van der Waals surface area contributed by atoms with E-state index in [1.54, 1.807) is 31.7 Å². The zero-order valence-electron chi connectivity index (χ0n) is 9.54. The van der Waals surface area contributed by atoms with E-state index in [1.165, 1.54) is 0 Å². The van der Waals surface area contributed by atoms with E-state index < -0.39 is 0 Å². The Morgan fingerprint density at radius 2 is 1.94 bits per heavy atom. The lowest BCUT2D eigenvalue weighted by Gasteiger charge is -2.20. The molecule has 2 rings (SSSR count). The molecule has 17 heavy (non-hydrogen) atoms. The van der Waals surface area contributed by atoms with E-state index in [4.69, 9.17) is 4.74 Å². The third kappa shape index (κ3) is 1.87. The number of carbonyl (C=O) groups excluding carboxylic acids is 2. The average molecular weight is 250 g/mol. The molecule has 1 aromatic rings. The van der Waals surface area contributed by atoms with Crippen molar-refractivity contribution in [2.24, 2.45) is 0 Å². The predicted molar refractivity (Wildman–Crippen MR) is 66.2 cm³/mol. The van der Waals surface area contributed by atoms with Gasteiger partial charge in [-0.2, -0.15) is 4.48 Å². The summed E-state index contributed by atoms with van der Waals surface area (Å²) in [6, 6.07) is 7.28. The van der Waals surface area contributed by atoms with Crippen molar-refractivity contribution in [3.05, 3.63) is 35.2 Å². The number of thioether (sulfide) groups is 1. The highest BCUT2D eigenvalue weighted by atomic mass is 32.2. The van der Waals surface area contributed by atoms with Crippen molar-refractivity contribution in [1.82, 2.24) is 0 Å². The summed E-state index contributed by atoms with van der Waals surface area (Å²) in [5.41, 5.74) is 1.54. The summed E-state index contributed by atoms with van der Waals surface area (Å²) in [7, 11) is 3.18. The Bertz CT molecular complexity index is 495. The summed E-state index contributed by atoms with van der Waals surface area (Å²) >= 11 is 1.05. The Kier molecular flexibility index (Phi) is 3.04. The van der Waals surface area contributed by atoms with E-state index in [-0.39, 0.29) is 9.72 Å². The Hall–Kier alpha value is -1.59. The van der Waals surface area contributed by atoms with Crippen LogP contribution in [0, 0.1) is 0 Å². The molecule has 88 valence electrons. The number of imide groups is 1. The lowest BCUT2D eigenvalue weighted by atomic mass is 10.1. The Morgan fingerprint density at radius 3 is 2.47 bits per heavy atom. The number of hydrogen-bond donors (Lipinski definition) is 0. The van der Waals surface area contributed by atoms with Crippen LogP contribution in [-0.2, 0) is 4.79 Å². The highest BCUT2D eigenvalue weighted by Crippen LogP contribution is 2.37. The minimum absolute atomic E-state index is 0.189. The fourth-order valence-corrected chi connectivity index (χ4v) is 2.55. The molecule has 0 aromatic heterocycles. The van der Waals surface area contributed by atoms with Crippen molar-refractivity contribution < 1.29 is 18.8 Å². The molecule has 0 N–H and O–H groups in total. The number of quaternary nitrogens is 1. The molecule has 0 radical (unpaired) electrons. The van der Waals surface area contributed by atoms with Crippen LogP contribution in [0.5, 0.6) is 5.75 Å². The monoisotopic (exact) mass is 250 g/mol. The molecule has 0 saturated heterocycles. The van der Waals surface area contributed by atoms with Gasteiger partial charge in [-0.1, -0.05) is 0 Å². The van der Waals surface area contributed by atoms with Crippen molar-refractivity contribution in [1.29, 1.82) is 0 Å². The van der Waals surface area contributed by atoms with Gasteiger partial charge < -0.3 is 4.74 Å². The maximum absolute atomic E-state index is 11.7. The van der Waals surface area contributed by atoms with Crippen LogP contribution in [0.3, 0.4) is 0 Å². The van der Waals surface area contributed by atoms with Gasteiger partial charge in [-0.05, 0) is 24.3 Å². The molecule has 0 fully saturated rings. The van der Waals surface area contributed by atoms with Crippen molar-refractivity contribution in [2.45, 2.75) is 0 Å². The van der Waals surface area contributed by atoms with Crippen LogP contribution in [-0.4, -0.2) is 30.3 Å². The summed E-state index contributed by atoms with van der Waals surface area (Å²) in [4.78, 5) is 22.8. The van der Waals surface area contributed by atoms with Crippen LogP contribution in [0.15, 0.2) is 29.7 Å². The van der Waals surface area contributed by atoms with Gasteiger partial charge in [0.1, 0.15) is 5.75 Å². The summed E-state index contributed by atoms with van der Waals surface area (Å²) in [5, 5.41) is 1.53. The fraction of sp³-hybridized carbons (Fsp3) is 0.167. The van der Waals surface area contributed by atoms with Crippen molar-refractivity contribution in [2.75, 3.05) is 14.2 Å². The SMILES string of the molecule is COc1ccc(C2=CSC(=O)[N+]2(C)C=O)cc1. The second-order valence-electron chi connectivity index (χ2n) is 3.80. The number of amides is 2. The molecule has 1 aliphatic heterocycles. The quantitative estimate of drug-likeness (QED) is 0.610. The Balaban J connectivity index is 2.40. The first kappa shape index (κ1) is 11.9. The maximum Gasteiger partial charge on any atom is 0.391 e. The second-order valence-corrected chi connectivity index (χ2v) is 4.62. The lowest BCUT2D eigenvalue weighted by Crippen LogP contribution is -2.40. The molecule has 0 saturated carbocycles. The second kappa shape index (κ2) is 4.35. The van der Waals surface area contributed by atoms with Gasteiger partial charge in [-0.15, -0.1) is 0 Å². The Morgan fingerprint density at radius 1 is 1.29 bits per heavy atom. The number of hydrogen-bond acceptors (Lipinski definition) is 4. The smallest absolute Gasteiger partial charge is 0.391 e. The number of methoxy groups -OCH3 is 1. The van der Waals surface area contributed by atoms with Gasteiger partial charge in [-0.25, -0.2) is 9.59 Å². The predicted octanol–water partition coefficient (Wildman–Crippen LogP) is 2.46. The molecule has 0 spiro atoms. The van der Waals surface area contributed by atoms with Crippen LogP contribution in [0.25, 0.3) is 5.70 Å². The van der Waals surface area contributed by atoms with E-state index in [1.807, 2.05) is 12.1 Å². The van der Waals surface area contributed by atoms with Crippen molar-refractivity contribution in [3.63, 3.8) is 0 Å². The zero-order chi connectivity index (χ0) is 12.5. The van der Waals surface area contributed by atoms with Crippen LogP contribution in [0.4, 0.5) is 4.79 Å². The summed E-state index contributed by atoms with van der Waals surface area (Å²) in [6.45, 7) is 0. The Labute approximate surface area is 103 Å².